The zero-order chi connectivity index (χ0) is 8.27. The normalized spacial score (nSPS) is 10.1. The Labute approximate surface area is 78.2 Å². The molecule has 1 aromatic heterocycles. The highest BCUT2D eigenvalue weighted by atomic mass is 127. The maximum atomic E-state index is 8.87. The van der Waals surface area contributed by atoms with Gasteiger partial charge in [0.1, 0.15) is 3.70 Å². The molecule has 0 unspecified atom stereocenters. The fourth-order valence-electron chi connectivity index (χ4n) is 0.819. The molecule has 0 saturated heterocycles. The van der Waals surface area contributed by atoms with Gasteiger partial charge in [0.2, 0.25) is 0 Å². The smallest absolute Gasteiger partial charge is 0.107 e. The molecule has 0 aliphatic heterocycles. The van der Waals surface area contributed by atoms with E-state index in [0.29, 0.717) is 0 Å². The average Bonchev–Trinajstić information content (AvgIpc) is 2.04. The van der Waals surface area contributed by atoms with Gasteiger partial charge in [-0.15, -0.1) is 0 Å². The third-order valence-corrected chi connectivity index (χ3v) is 2.36. The van der Waals surface area contributed by atoms with Crippen LogP contribution in [0, 0.1) is 3.70 Å². The second-order valence-electron chi connectivity index (χ2n) is 2.06. The summed E-state index contributed by atoms with van der Waals surface area (Å²) < 4.78 is 0.747. The first-order valence-corrected chi connectivity index (χ1v) is 4.21. The minimum atomic E-state index is -0.0675. The number of hydrogen-bond acceptors (Lipinski definition) is 3. The molecule has 11 heavy (non-hydrogen) atoms. The maximum Gasteiger partial charge on any atom is 0.107 e. The van der Waals surface area contributed by atoms with Crippen molar-refractivity contribution in [3.63, 3.8) is 0 Å². The molecule has 60 valence electrons. The van der Waals surface area contributed by atoms with Gasteiger partial charge in [-0.2, -0.15) is 0 Å². The number of pyridine rings is 1. The molecule has 0 spiro atoms. The Morgan fingerprint density at radius 2 is 2.09 bits per heavy atom. The van der Waals surface area contributed by atoms with E-state index in [1.54, 1.807) is 12.3 Å². The third kappa shape index (κ3) is 1.88. The molecule has 0 aromatic carbocycles. The minimum Gasteiger partial charge on any atom is -0.392 e. The molecule has 0 bridgehead atoms. The highest BCUT2D eigenvalue weighted by Gasteiger charge is 2.04. The summed E-state index contributed by atoms with van der Waals surface area (Å²) in [7, 11) is 0. The van der Waals surface area contributed by atoms with Crippen molar-refractivity contribution in [3.8, 4) is 0 Å². The standard InChI is InChI=1S/C7H8INO2/c8-7-6(4-11)5(3-10)1-2-9-7/h1-2,10-11H,3-4H2. The molecule has 0 amide bonds. The zero-order valence-corrected chi connectivity index (χ0v) is 7.95. The molecule has 2 N–H and O–H groups in total. The van der Waals surface area contributed by atoms with Crippen LogP contribution in [0.1, 0.15) is 11.1 Å². The Balaban J connectivity index is 3.13. The molecular weight excluding hydrogens is 257 g/mol. The molecule has 1 heterocycles. The monoisotopic (exact) mass is 265 g/mol. The van der Waals surface area contributed by atoms with Gasteiger partial charge in [-0.05, 0) is 34.2 Å². The van der Waals surface area contributed by atoms with E-state index in [0.717, 1.165) is 14.8 Å². The van der Waals surface area contributed by atoms with Gasteiger partial charge in [0.05, 0.1) is 13.2 Å². The SMILES string of the molecule is OCc1ccnc(I)c1CO. The number of aromatic nitrogens is 1. The van der Waals surface area contributed by atoms with Gasteiger partial charge < -0.3 is 10.2 Å². The van der Waals surface area contributed by atoms with E-state index >= 15 is 0 Å². The van der Waals surface area contributed by atoms with Crippen LogP contribution in [0.5, 0.6) is 0 Å². The van der Waals surface area contributed by atoms with Crippen molar-refractivity contribution in [2.75, 3.05) is 0 Å². The van der Waals surface area contributed by atoms with E-state index in [4.69, 9.17) is 10.2 Å². The molecule has 1 aromatic rings. The highest BCUT2D eigenvalue weighted by Crippen LogP contribution is 2.14. The van der Waals surface area contributed by atoms with Crippen LogP contribution < -0.4 is 0 Å². The molecular formula is C7H8INO2. The zero-order valence-electron chi connectivity index (χ0n) is 5.79. The van der Waals surface area contributed by atoms with Crippen LogP contribution in [-0.2, 0) is 13.2 Å². The van der Waals surface area contributed by atoms with E-state index in [9.17, 15) is 0 Å². The third-order valence-electron chi connectivity index (χ3n) is 1.43. The Morgan fingerprint density at radius 1 is 1.36 bits per heavy atom. The Bertz CT molecular complexity index is 252. The summed E-state index contributed by atoms with van der Waals surface area (Å²) >= 11 is 2.03. The van der Waals surface area contributed by atoms with E-state index < -0.39 is 0 Å². The van der Waals surface area contributed by atoms with Crippen LogP contribution in [0.15, 0.2) is 12.3 Å². The van der Waals surface area contributed by atoms with Crippen LogP contribution in [0.2, 0.25) is 0 Å². The van der Waals surface area contributed by atoms with E-state index in [1.165, 1.54) is 0 Å². The fraction of sp³-hybridized carbons (Fsp3) is 0.286. The van der Waals surface area contributed by atoms with Gasteiger partial charge in [0.15, 0.2) is 0 Å². The van der Waals surface area contributed by atoms with Crippen molar-refractivity contribution in [2.45, 2.75) is 13.2 Å². The molecule has 1 rings (SSSR count). The van der Waals surface area contributed by atoms with Crippen LogP contribution in [0.4, 0.5) is 0 Å². The van der Waals surface area contributed by atoms with Gasteiger partial charge in [-0.3, -0.25) is 0 Å². The summed E-state index contributed by atoms with van der Waals surface area (Å²) in [5.74, 6) is 0. The summed E-state index contributed by atoms with van der Waals surface area (Å²) in [5.41, 5.74) is 1.46. The molecule has 0 aliphatic rings. The van der Waals surface area contributed by atoms with Crippen LogP contribution in [-0.4, -0.2) is 15.2 Å². The maximum absolute atomic E-state index is 8.87. The number of aliphatic hydroxyl groups is 2. The van der Waals surface area contributed by atoms with Crippen LogP contribution in [0.3, 0.4) is 0 Å². The van der Waals surface area contributed by atoms with Gasteiger partial charge in [0.25, 0.3) is 0 Å². The quantitative estimate of drug-likeness (QED) is 0.610. The Morgan fingerprint density at radius 3 is 2.55 bits per heavy atom. The Hall–Kier alpha value is -0.200. The first-order chi connectivity index (χ1) is 5.29. The summed E-state index contributed by atoms with van der Waals surface area (Å²) in [4.78, 5) is 3.97. The summed E-state index contributed by atoms with van der Waals surface area (Å²) in [5, 5.41) is 17.7. The molecule has 4 heteroatoms. The average molecular weight is 265 g/mol. The van der Waals surface area contributed by atoms with E-state index in [1.807, 2.05) is 22.6 Å². The topological polar surface area (TPSA) is 53.4 Å². The predicted molar refractivity (Wildman–Crippen MR) is 48.8 cm³/mol. The van der Waals surface area contributed by atoms with E-state index in [-0.39, 0.29) is 13.2 Å². The largest absolute Gasteiger partial charge is 0.392 e. The lowest BCUT2D eigenvalue weighted by molar-refractivity contribution is 0.258. The molecule has 0 fully saturated rings. The summed E-state index contributed by atoms with van der Waals surface area (Å²) in [6.07, 6.45) is 1.62. The molecule has 0 radical (unpaired) electrons. The first kappa shape index (κ1) is 8.89. The lowest BCUT2D eigenvalue weighted by atomic mass is 10.2. The lowest BCUT2D eigenvalue weighted by Crippen LogP contribution is -1.98. The first-order valence-electron chi connectivity index (χ1n) is 3.13. The van der Waals surface area contributed by atoms with Gasteiger partial charge in [-0.1, -0.05) is 0 Å². The number of halogens is 1. The van der Waals surface area contributed by atoms with Gasteiger partial charge in [-0.25, -0.2) is 4.98 Å². The molecule has 0 atom stereocenters. The van der Waals surface area contributed by atoms with Crippen molar-refractivity contribution >= 4 is 22.6 Å². The summed E-state index contributed by atoms with van der Waals surface area (Å²) in [6, 6.07) is 1.70. The fourth-order valence-corrected chi connectivity index (χ4v) is 1.50. The summed E-state index contributed by atoms with van der Waals surface area (Å²) in [6.45, 7) is -0.115. The highest BCUT2D eigenvalue weighted by molar-refractivity contribution is 14.1. The second kappa shape index (κ2) is 3.99. The van der Waals surface area contributed by atoms with Crippen molar-refractivity contribution in [3.05, 3.63) is 27.1 Å². The number of hydrogen-bond donors (Lipinski definition) is 2. The van der Waals surface area contributed by atoms with E-state index in [2.05, 4.69) is 4.98 Å². The van der Waals surface area contributed by atoms with Gasteiger partial charge in [0, 0.05) is 11.8 Å². The number of nitrogens with zero attached hydrogens (tertiary/aromatic N) is 1. The molecule has 0 saturated carbocycles. The number of rotatable bonds is 2. The number of aliphatic hydroxyl groups excluding tert-OH is 2. The lowest BCUT2D eigenvalue weighted by Gasteiger charge is -2.04. The molecule has 0 aliphatic carbocycles. The van der Waals surface area contributed by atoms with Gasteiger partial charge >= 0.3 is 0 Å². The van der Waals surface area contributed by atoms with Crippen molar-refractivity contribution in [1.29, 1.82) is 0 Å². The Kier molecular flexibility index (Phi) is 3.22. The molecule has 3 nitrogen and oxygen atoms in total. The van der Waals surface area contributed by atoms with Crippen molar-refractivity contribution in [2.24, 2.45) is 0 Å². The minimum absolute atomic E-state index is 0.0472. The predicted octanol–water partition coefficient (Wildman–Crippen LogP) is 0.671. The van der Waals surface area contributed by atoms with Crippen molar-refractivity contribution < 1.29 is 10.2 Å². The van der Waals surface area contributed by atoms with Crippen molar-refractivity contribution in [1.82, 2.24) is 4.98 Å². The second-order valence-corrected chi connectivity index (χ2v) is 3.08. The van der Waals surface area contributed by atoms with Crippen LogP contribution in [0.25, 0.3) is 0 Å². The van der Waals surface area contributed by atoms with Crippen LogP contribution >= 0.6 is 22.6 Å².